The van der Waals surface area contributed by atoms with Crippen molar-refractivity contribution in [3.63, 3.8) is 0 Å². The number of nitrogens with one attached hydrogen (secondary N) is 3. The Morgan fingerprint density at radius 1 is 0.971 bits per heavy atom. The molecule has 1 fully saturated rings. The summed E-state index contributed by atoms with van der Waals surface area (Å²) in [4.78, 5) is 76.8. The van der Waals surface area contributed by atoms with E-state index in [-0.39, 0.29) is 49.3 Å². The van der Waals surface area contributed by atoms with Crippen molar-refractivity contribution in [1.29, 1.82) is 0 Å². The van der Waals surface area contributed by atoms with Crippen LogP contribution in [-0.2, 0) is 33.6 Å². The zero-order valence-corrected chi connectivity index (χ0v) is 21.0. The molecule has 11 nitrogen and oxygen atoms in total. The standard InChI is InChI=1S/C23H38N4O7/c1-7-23(5,6)13-24-21(32)15(4)25-22(33)20(14(2)3)26-16(28)9-8-10-19(31)34-27-17(29)11-12-18(27)30/h14-15,20H,7-13H2,1-6H3,(H,24,32)(H,25,33)(H,26,28)/t15-,20-/m0/s1. The van der Waals surface area contributed by atoms with Crippen LogP contribution in [0.1, 0.15) is 80.1 Å². The molecule has 1 aliphatic rings. The highest BCUT2D eigenvalue weighted by molar-refractivity contribution is 6.01. The predicted molar refractivity (Wildman–Crippen MR) is 122 cm³/mol. The van der Waals surface area contributed by atoms with E-state index >= 15 is 0 Å². The van der Waals surface area contributed by atoms with Gasteiger partial charge in [-0.05, 0) is 31.1 Å². The molecular weight excluding hydrogens is 444 g/mol. The Morgan fingerprint density at radius 3 is 2.09 bits per heavy atom. The SMILES string of the molecule is CCC(C)(C)CNC(=O)[C@H](C)NC(=O)[C@@H](NC(=O)CCCC(=O)ON1C(=O)CCC1=O)C(C)C. The largest absolute Gasteiger partial charge is 0.354 e. The molecule has 34 heavy (non-hydrogen) atoms. The van der Waals surface area contributed by atoms with E-state index in [4.69, 9.17) is 4.84 Å². The number of amides is 5. The lowest BCUT2D eigenvalue weighted by Gasteiger charge is -2.26. The van der Waals surface area contributed by atoms with Gasteiger partial charge in [0.25, 0.3) is 11.8 Å². The lowest BCUT2D eigenvalue weighted by Crippen LogP contribution is -2.55. The molecule has 0 saturated carbocycles. The van der Waals surface area contributed by atoms with Gasteiger partial charge < -0.3 is 20.8 Å². The normalized spacial score (nSPS) is 15.7. The summed E-state index contributed by atoms with van der Waals surface area (Å²) in [6, 6.07) is -1.63. The Balaban J connectivity index is 2.47. The van der Waals surface area contributed by atoms with E-state index in [9.17, 15) is 28.8 Å². The molecule has 0 aromatic heterocycles. The van der Waals surface area contributed by atoms with E-state index < -0.39 is 41.7 Å². The summed E-state index contributed by atoms with van der Waals surface area (Å²) in [6.45, 7) is 11.7. The number of nitrogens with zero attached hydrogens (tertiary/aromatic N) is 1. The molecule has 0 unspecified atom stereocenters. The van der Waals surface area contributed by atoms with E-state index in [1.54, 1.807) is 20.8 Å². The second kappa shape index (κ2) is 13.0. The summed E-state index contributed by atoms with van der Waals surface area (Å²) >= 11 is 0. The number of hydroxylamine groups is 2. The summed E-state index contributed by atoms with van der Waals surface area (Å²) < 4.78 is 0. The average molecular weight is 483 g/mol. The third-order valence-electron chi connectivity index (χ3n) is 5.70. The highest BCUT2D eigenvalue weighted by atomic mass is 16.7. The number of carbonyl (C=O) groups excluding carboxylic acids is 6. The average Bonchev–Trinajstić information content (AvgIpc) is 3.07. The van der Waals surface area contributed by atoms with Gasteiger partial charge in [-0.2, -0.15) is 0 Å². The molecule has 0 bridgehead atoms. The molecular formula is C23H38N4O7. The molecule has 0 aliphatic carbocycles. The quantitative estimate of drug-likeness (QED) is 0.331. The molecule has 1 aliphatic heterocycles. The topological polar surface area (TPSA) is 151 Å². The van der Waals surface area contributed by atoms with Gasteiger partial charge in [-0.1, -0.05) is 34.6 Å². The first-order chi connectivity index (χ1) is 15.8. The number of hydrogen-bond donors (Lipinski definition) is 3. The van der Waals surface area contributed by atoms with Gasteiger partial charge in [0.2, 0.25) is 17.7 Å². The summed E-state index contributed by atoms with van der Waals surface area (Å²) in [7, 11) is 0. The lowest BCUT2D eigenvalue weighted by atomic mass is 9.90. The molecule has 1 saturated heterocycles. The molecule has 11 heteroatoms. The van der Waals surface area contributed by atoms with Gasteiger partial charge in [0.15, 0.2) is 0 Å². The van der Waals surface area contributed by atoms with Gasteiger partial charge in [-0.15, -0.1) is 5.06 Å². The molecule has 0 radical (unpaired) electrons. The van der Waals surface area contributed by atoms with E-state index in [0.29, 0.717) is 11.6 Å². The molecule has 3 N–H and O–H groups in total. The first-order valence-corrected chi connectivity index (χ1v) is 11.7. The summed E-state index contributed by atoms with van der Waals surface area (Å²) in [6.07, 6.45) is 0.777. The van der Waals surface area contributed by atoms with Crippen molar-refractivity contribution < 1.29 is 33.6 Å². The van der Waals surface area contributed by atoms with Gasteiger partial charge in [0, 0.05) is 32.2 Å². The van der Waals surface area contributed by atoms with Crippen molar-refractivity contribution in [3.05, 3.63) is 0 Å². The minimum absolute atomic E-state index is 0.00414. The molecule has 1 rings (SSSR count). The van der Waals surface area contributed by atoms with Gasteiger partial charge in [0.1, 0.15) is 12.1 Å². The highest BCUT2D eigenvalue weighted by Crippen LogP contribution is 2.17. The van der Waals surface area contributed by atoms with E-state index in [0.717, 1.165) is 6.42 Å². The van der Waals surface area contributed by atoms with Crippen LogP contribution in [0.5, 0.6) is 0 Å². The van der Waals surface area contributed by atoms with Crippen molar-refractivity contribution in [2.75, 3.05) is 6.54 Å². The molecule has 1 heterocycles. The van der Waals surface area contributed by atoms with Crippen LogP contribution in [0.2, 0.25) is 0 Å². The maximum absolute atomic E-state index is 12.7. The summed E-state index contributed by atoms with van der Waals surface area (Å²) in [5, 5.41) is 8.56. The van der Waals surface area contributed by atoms with Crippen LogP contribution in [0.15, 0.2) is 0 Å². The first-order valence-electron chi connectivity index (χ1n) is 11.7. The van der Waals surface area contributed by atoms with Crippen molar-refractivity contribution in [2.24, 2.45) is 11.3 Å². The molecule has 192 valence electrons. The minimum atomic E-state index is -0.860. The zero-order chi connectivity index (χ0) is 26.1. The number of hydrogen-bond acceptors (Lipinski definition) is 7. The van der Waals surface area contributed by atoms with Crippen molar-refractivity contribution in [3.8, 4) is 0 Å². The Hall–Kier alpha value is -2.98. The Kier molecular flexibility index (Phi) is 11.1. The monoisotopic (exact) mass is 482 g/mol. The van der Waals surface area contributed by atoms with E-state index in [2.05, 4.69) is 16.0 Å². The van der Waals surface area contributed by atoms with Gasteiger partial charge in [0.05, 0.1) is 0 Å². The smallest absolute Gasteiger partial charge is 0.333 e. The Labute approximate surface area is 200 Å². The lowest BCUT2D eigenvalue weighted by molar-refractivity contribution is -0.197. The predicted octanol–water partition coefficient (Wildman–Crippen LogP) is 0.962. The molecule has 0 aromatic rings. The second-order valence-electron chi connectivity index (χ2n) is 9.65. The summed E-state index contributed by atoms with van der Waals surface area (Å²) in [5.74, 6) is -3.41. The minimum Gasteiger partial charge on any atom is -0.354 e. The third kappa shape index (κ3) is 9.48. The van der Waals surface area contributed by atoms with Crippen LogP contribution in [0.3, 0.4) is 0 Å². The van der Waals surface area contributed by atoms with Crippen LogP contribution in [0.4, 0.5) is 0 Å². The van der Waals surface area contributed by atoms with Crippen LogP contribution < -0.4 is 16.0 Å². The van der Waals surface area contributed by atoms with Crippen LogP contribution >= 0.6 is 0 Å². The molecule has 5 amide bonds. The fourth-order valence-corrected chi connectivity index (χ4v) is 2.95. The fourth-order valence-electron chi connectivity index (χ4n) is 2.95. The summed E-state index contributed by atoms with van der Waals surface area (Å²) in [5.41, 5.74) is -0.0558. The number of rotatable bonds is 13. The Bertz CT molecular complexity index is 778. The number of carbonyl (C=O) groups is 6. The first kappa shape index (κ1) is 29.1. The second-order valence-corrected chi connectivity index (χ2v) is 9.65. The maximum atomic E-state index is 12.7. The zero-order valence-electron chi connectivity index (χ0n) is 21.0. The molecule has 2 atom stereocenters. The third-order valence-corrected chi connectivity index (χ3v) is 5.70. The van der Waals surface area contributed by atoms with Crippen LogP contribution in [0, 0.1) is 11.3 Å². The molecule has 0 spiro atoms. The van der Waals surface area contributed by atoms with Crippen LogP contribution in [0.25, 0.3) is 0 Å². The van der Waals surface area contributed by atoms with E-state index in [1.807, 2.05) is 20.8 Å². The van der Waals surface area contributed by atoms with Crippen molar-refractivity contribution in [1.82, 2.24) is 21.0 Å². The number of imide groups is 1. The van der Waals surface area contributed by atoms with Gasteiger partial charge >= 0.3 is 5.97 Å². The maximum Gasteiger partial charge on any atom is 0.333 e. The highest BCUT2D eigenvalue weighted by Gasteiger charge is 2.33. The molecule has 0 aromatic carbocycles. The van der Waals surface area contributed by atoms with Gasteiger partial charge in [-0.25, -0.2) is 4.79 Å². The van der Waals surface area contributed by atoms with Gasteiger partial charge in [-0.3, -0.25) is 24.0 Å². The van der Waals surface area contributed by atoms with E-state index in [1.165, 1.54) is 0 Å². The van der Waals surface area contributed by atoms with Crippen molar-refractivity contribution in [2.45, 2.75) is 92.2 Å². The fraction of sp³-hybridized carbons (Fsp3) is 0.739. The Morgan fingerprint density at radius 2 is 1.56 bits per heavy atom. The van der Waals surface area contributed by atoms with Crippen molar-refractivity contribution >= 4 is 35.5 Å². The van der Waals surface area contributed by atoms with Crippen LogP contribution in [-0.4, -0.2) is 59.2 Å².